The van der Waals surface area contributed by atoms with Crippen molar-refractivity contribution in [3.8, 4) is 0 Å². The van der Waals surface area contributed by atoms with Crippen LogP contribution in [-0.2, 0) is 9.59 Å². The van der Waals surface area contributed by atoms with E-state index in [1.165, 1.54) is 23.1 Å². The summed E-state index contributed by atoms with van der Waals surface area (Å²) in [4.78, 5) is 25.8. The molecular weight excluding hydrogens is 295 g/mol. The number of hydrogen-bond acceptors (Lipinski definition) is 2. The molecule has 2 rings (SSSR count). The van der Waals surface area contributed by atoms with Gasteiger partial charge in [-0.15, -0.1) is 0 Å². The van der Waals surface area contributed by atoms with E-state index in [4.69, 9.17) is 11.6 Å². The molecule has 1 saturated heterocycles. The van der Waals surface area contributed by atoms with Crippen molar-refractivity contribution in [3.05, 3.63) is 29.0 Å². The minimum Gasteiger partial charge on any atom is -0.344 e. The van der Waals surface area contributed by atoms with Crippen LogP contribution in [0, 0.1) is 11.7 Å². The van der Waals surface area contributed by atoms with Gasteiger partial charge in [-0.25, -0.2) is 4.39 Å². The summed E-state index contributed by atoms with van der Waals surface area (Å²) in [5.41, 5.74) is 0.0500. The van der Waals surface area contributed by atoms with Crippen molar-refractivity contribution in [2.75, 3.05) is 11.4 Å². The van der Waals surface area contributed by atoms with Crippen molar-refractivity contribution in [1.29, 1.82) is 0 Å². The molecule has 0 radical (unpaired) electrons. The summed E-state index contributed by atoms with van der Waals surface area (Å²) in [6.45, 7) is 3.95. The molecule has 2 unspecified atom stereocenters. The minimum absolute atomic E-state index is 0.0346. The predicted octanol–water partition coefficient (Wildman–Crippen LogP) is 2.75. The first-order valence-corrected chi connectivity index (χ1v) is 7.38. The fourth-order valence-corrected chi connectivity index (χ4v) is 2.65. The molecule has 0 aliphatic carbocycles. The third-order valence-electron chi connectivity index (χ3n) is 3.83. The van der Waals surface area contributed by atoms with E-state index in [-0.39, 0.29) is 41.4 Å². The van der Waals surface area contributed by atoms with E-state index >= 15 is 0 Å². The van der Waals surface area contributed by atoms with Gasteiger partial charge in [-0.3, -0.25) is 9.59 Å². The van der Waals surface area contributed by atoms with Gasteiger partial charge in [-0.1, -0.05) is 37.9 Å². The summed E-state index contributed by atoms with van der Waals surface area (Å²) in [6, 6.07) is 3.62. The second-order valence-electron chi connectivity index (χ2n) is 5.24. The van der Waals surface area contributed by atoms with Crippen molar-refractivity contribution in [3.63, 3.8) is 0 Å². The molecule has 0 saturated carbocycles. The third kappa shape index (κ3) is 3.18. The number of nitrogens with zero attached hydrogens (tertiary/aromatic N) is 1. The van der Waals surface area contributed by atoms with Gasteiger partial charge in [-0.05, 0) is 18.1 Å². The maximum absolute atomic E-state index is 14.1. The molecule has 21 heavy (non-hydrogen) atoms. The van der Waals surface area contributed by atoms with Crippen molar-refractivity contribution < 1.29 is 14.0 Å². The molecule has 1 N–H and O–H groups in total. The highest BCUT2D eigenvalue weighted by atomic mass is 35.5. The Hall–Kier alpha value is -1.62. The number of anilines is 1. The first-order valence-electron chi connectivity index (χ1n) is 7.00. The average Bonchev–Trinajstić information content (AvgIpc) is 2.59. The zero-order valence-electron chi connectivity index (χ0n) is 12.0. The minimum atomic E-state index is -0.652. The van der Waals surface area contributed by atoms with Gasteiger partial charge in [0.2, 0.25) is 11.8 Å². The SMILES string of the molecule is CCC(C)C1NC(=O)CCN(c2c(F)cccc2Cl)C1=O. The maximum Gasteiger partial charge on any atom is 0.249 e. The van der Waals surface area contributed by atoms with E-state index in [2.05, 4.69) is 5.32 Å². The number of benzene rings is 1. The summed E-state index contributed by atoms with van der Waals surface area (Å²) in [7, 11) is 0. The van der Waals surface area contributed by atoms with Crippen molar-refractivity contribution in [2.24, 2.45) is 5.92 Å². The smallest absolute Gasteiger partial charge is 0.249 e. The van der Waals surface area contributed by atoms with E-state index in [0.29, 0.717) is 0 Å². The standard InChI is InChI=1S/C15H18ClFN2O2/c1-3-9(2)13-15(21)19(8-7-12(20)18-13)14-10(16)5-4-6-11(14)17/h4-6,9,13H,3,7-8H2,1-2H3,(H,18,20). The van der Waals surface area contributed by atoms with Crippen molar-refractivity contribution in [2.45, 2.75) is 32.7 Å². The largest absolute Gasteiger partial charge is 0.344 e. The second-order valence-corrected chi connectivity index (χ2v) is 5.65. The molecule has 2 amide bonds. The monoisotopic (exact) mass is 312 g/mol. The van der Waals surface area contributed by atoms with Crippen LogP contribution in [0.2, 0.25) is 5.02 Å². The van der Waals surface area contributed by atoms with Gasteiger partial charge >= 0.3 is 0 Å². The molecule has 2 atom stereocenters. The van der Waals surface area contributed by atoms with Crippen LogP contribution >= 0.6 is 11.6 Å². The maximum atomic E-state index is 14.1. The quantitative estimate of drug-likeness (QED) is 0.933. The van der Waals surface area contributed by atoms with Crippen LogP contribution in [0.4, 0.5) is 10.1 Å². The molecule has 0 spiro atoms. The molecule has 1 aromatic rings. The number of amides is 2. The second kappa shape index (κ2) is 6.43. The first-order chi connectivity index (χ1) is 9.95. The number of halogens is 2. The highest BCUT2D eigenvalue weighted by Crippen LogP contribution is 2.31. The Morgan fingerprint density at radius 3 is 2.81 bits per heavy atom. The van der Waals surface area contributed by atoms with Crippen LogP contribution < -0.4 is 10.2 Å². The summed E-state index contributed by atoms with van der Waals surface area (Å²) in [6.07, 6.45) is 0.860. The molecule has 0 bridgehead atoms. The number of carbonyl (C=O) groups excluding carboxylic acids is 2. The van der Waals surface area contributed by atoms with Gasteiger partial charge < -0.3 is 10.2 Å². The molecule has 1 fully saturated rings. The van der Waals surface area contributed by atoms with Crippen LogP contribution in [0.25, 0.3) is 0 Å². The highest BCUT2D eigenvalue weighted by molar-refractivity contribution is 6.34. The zero-order valence-corrected chi connectivity index (χ0v) is 12.8. The lowest BCUT2D eigenvalue weighted by molar-refractivity contribution is -0.126. The zero-order chi connectivity index (χ0) is 15.6. The number of hydrogen-bond donors (Lipinski definition) is 1. The summed E-state index contributed by atoms with van der Waals surface area (Å²) in [5.74, 6) is -1.12. The van der Waals surface area contributed by atoms with E-state index < -0.39 is 11.9 Å². The summed E-state index contributed by atoms with van der Waals surface area (Å²) in [5, 5.41) is 2.89. The van der Waals surface area contributed by atoms with Crippen LogP contribution in [-0.4, -0.2) is 24.4 Å². The summed E-state index contributed by atoms with van der Waals surface area (Å²) >= 11 is 6.04. The Morgan fingerprint density at radius 1 is 1.48 bits per heavy atom. The van der Waals surface area contributed by atoms with Gasteiger partial charge in [0.05, 0.1) is 10.7 Å². The molecule has 4 nitrogen and oxygen atoms in total. The van der Waals surface area contributed by atoms with Crippen molar-refractivity contribution in [1.82, 2.24) is 5.32 Å². The number of para-hydroxylation sites is 1. The Balaban J connectivity index is 2.42. The fraction of sp³-hybridized carbons (Fsp3) is 0.467. The van der Waals surface area contributed by atoms with Gasteiger partial charge in [0.1, 0.15) is 11.9 Å². The Morgan fingerprint density at radius 2 is 2.19 bits per heavy atom. The lowest BCUT2D eigenvalue weighted by atomic mass is 9.98. The molecule has 1 heterocycles. The van der Waals surface area contributed by atoms with Gasteiger partial charge in [0.25, 0.3) is 0 Å². The van der Waals surface area contributed by atoms with E-state index in [1.807, 2.05) is 13.8 Å². The Kier molecular flexibility index (Phi) is 4.83. The van der Waals surface area contributed by atoms with E-state index in [1.54, 1.807) is 0 Å². The van der Waals surface area contributed by atoms with Gasteiger partial charge in [0, 0.05) is 13.0 Å². The molecule has 114 valence electrons. The predicted molar refractivity (Wildman–Crippen MR) is 79.8 cm³/mol. The Bertz CT molecular complexity index is 544. The highest BCUT2D eigenvalue weighted by Gasteiger charge is 2.35. The van der Waals surface area contributed by atoms with Crippen LogP contribution in [0.5, 0.6) is 0 Å². The average molecular weight is 313 g/mol. The third-order valence-corrected chi connectivity index (χ3v) is 4.14. The fourth-order valence-electron chi connectivity index (χ4n) is 2.39. The lowest BCUT2D eigenvalue weighted by Gasteiger charge is -2.28. The van der Waals surface area contributed by atoms with Gasteiger partial charge in [-0.2, -0.15) is 0 Å². The molecule has 6 heteroatoms. The molecule has 1 aliphatic heterocycles. The van der Waals surface area contributed by atoms with E-state index in [9.17, 15) is 14.0 Å². The molecule has 1 aromatic carbocycles. The van der Waals surface area contributed by atoms with Crippen LogP contribution in [0.15, 0.2) is 18.2 Å². The molecular formula is C15H18ClFN2O2. The van der Waals surface area contributed by atoms with Gasteiger partial charge in [0.15, 0.2) is 0 Å². The van der Waals surface area contributed by atoms with Crippen molar-refractivity contribution >= 4 is 29.1 Å². The first kappa shape index (κ1) is 15.8. The number of nitrogens with one attached hydrogen (secondary N) is 1. The normalized spacial score (nSPS) is 21.0. The Labute approximate surface area is 128 Å². The van der Waals surface area contributed by atoms with Crippen LogP contribution in [0.1, 0.15) is 26.7 Å². The van der Waals surface area contributed by atoms with Crippen LogP contribution in [0.3, 0.4) is 0 Å². The summed E-state index contributed by atoms with van der Waals surface area (Å²) < 4.78 is 14.1. The number of carbonyl (C=O) groups is 2. The molecule has 1 aliphatic rings. The topological polar surface area (TPSA) is 49.4 Å². The molecule has 0 aromatic heterocycles. The van der Waals surface area contributed by atoms with E-state index in [0.717, 1.165) is 6.42 Å². The number of rotatable bonds is 3. The lowest BCUT2D eigenvalue weighted by Crippen LogP contribution is -2.48.